The average Bonchev–Trinajstić information content (AvgIpc) is 2.60. The summed E-state index contributed by atoms with van der Waals surface area (Å²) < 4.78 is 6.18. The smallest absolute Gasteiger partial charge is 0.221 e. The first-order valence-corrected chi connectivity index (χ1v) is 6.01. The molecular weight excluding hydrogens is 337 g/mol. The molecule has 0 aromatic heterocycles. The van der Waals surface area contributed by atoms with Crippen molar-refractivity contribution in [3.8, 4) is 5.75 Å². The van der Waals surface area contributed by atoms with Crippen molar-refractivity contribution in [1.82, 2.24) is 0 Å². The van der Waals surface area contributed by atoms with Crippen molar-refractivity contribution in [1.29, 1.82) is 0 Å². The summed E-state index contributed by atoms with van der Waals surface area (Å²) in [7, 11) is 0. The highest BCUT2D eigenvalue weighted by Crippen LogP contribution is 2.25. The predicted octanol–water partition coefficient (Wildman–Crippen LogP) is 0.281. The molecule has 17 heavy (non-hydrogen) atoms. The molecule has 1 aromatic rings. The van der Waals surface area contributed by atoms with Crippen LogP contribution >= 0.6 is 22.6 Å². The first-order chi connectivity index (χ1) is 7.99. The molecule has 0 radical (unpaired) electrons. The third-order valence-electron chi connectivity index (χ3n) is 2.43. The van der Waals surface area contributed by atoms with Crippen LogP contribution in [0.3, 0.4) is 0 Å². The molecule has 1 aliphatic rings. The zero-order valence-electron chi connectivity index (χ0n) is 8.88. The third-order valence-corrected chi connectivity index (χ3v) is 3.10. The second kappa shape index (κ2) is 4.52. The lowest BCUT2D eigenvalue weighted by atomic mass is 10.2. The van der Waals surface area contributed by atoms with Crippen LogP contribution in [0.15, 0.2) is 23.2 Å². The molecular formula is C11H9INO4-. The minimum atomic E-state index is -1.28. The van der Waals surface area contributed by atoms with Crippen LogP contribution in [0.5, 0.6) is 5.75 Å². The Hall–Kier alpha value is -1.31. The Morgan fingerprint density at radius 2 is 2.29 bits per heavy atom. The summed E-state index contributed by atoms with van der Waals surface area (Å²) in [6.07, 6.45) is -0.589. The van der Waals surface area contributed by atoms with E-state index in [1.54, 1.807) is 25.1 Å². The van der Waals surface area contributed by atoms with Gasteiger partial charge in [-0.05, 0) is 47.7 Å². The molecule has 1 heterocycles. The molecule has 0 aliphatic carbocycles. The molecule has 1 N–H and O–H groups in total. The second-order valence-electron chi connectivity index (χ2n) is 3.68. The van der Waals surface area contributed by atoms with E-state index >= 15 is 0 Å². The topological polar surface area (TPSA) is 82.0 Å². The van der Waals surface area contributed by atoms with E-state index in [9.17, 15) is 15.0 Å². The van der Waals surface area contributed by atoms with Crippen molar-refractivity contribution in [2.45, 2.75) is 19.1 Å². The number of halogens is 1. The Kier molecular flexibility index (Phi) is 3.23. The number of rotatable bonds is 2. The van der Waals surface area contributed by atoms with Gasteiger partial charge < -0.3 is 19.7 Å². The quantitative estimate of drug-likeness (QED) is 0.780. The van der Waals surface area contributed by atoms with Crippen LogP contribution in [0.1, 0.15) is 12.5 Å². The minimum Gasteiger partial charge on any atom is -0.548 e. The number of aliphatic imine (C=N–C) groups is 1. The lowest BCUT2D eigenvalue weighted by Crippen LogP contribution is -2.39. The summed E-state index contributed by atoms with van der Waals surface area (Å²) in [4.78, 5) is 14.7. The van der Waals surface area contributed by atoms with E-state index in [2.05, 4.69) is 27.6 Å². The van der Waals surface area contributed by atoms with Crippen LogP contribution in [-0.4, -0.2) is 29.1 Å². The summed E-state index contributed by atoms with van der Waals surface area (Å²) in [5.41, 5.74) is 0.390. The van der Waals surface area contributed by atoms with E-state index in [0.29, 0.717) is 5.56 Å². The fraction of sp³-hybridized carbons (Fsp3) is 0.273. The van der Waals surface area contributed by atoms with E-state index in [0.717, 1.165) is 3.57 Å². The molecule has 1 aliphatic heterocycles. The summed E-state index contributed by atoms with van der Waals surface area (Å²) in [5.74, 6) is -1.13. The number of aromatic hydroxyl groups is 1. The second-order valence-corrected chi connectivity index (χ2v) is 4.93. The number of carbonyl (C=O) groups excluding carboxylic acids is 1. The molecule has 0 spiro atoms. The van der Waals surface area contributed by atoms with Crippen LogP contribution in [0.25, 0.3) is 0 Å². The fourth-order valence-corrected chi connectivity index (χ4v) is 2.04. The highest BCUT2D eigenvalue weighted by atomic mass is 127. The number of hydrogen-bond acceptors (Lipinski definition) is 5. The summed E-state index contributed by atoms with van der Waals surface area (Å²) >= 11 is 2.06. The maximum Gasteiger partial charge on any atom is 0.221 e. The number of carboxylic acid groups (broad SMARTS) is 1. The lowest BCUT2D eigenvalue weighted by Gasteiger charge is -2.12. The van der Waals surface area contributed by atoms with Crippen molar-refractivity contribution in [3.63, 3.8) is 0 Å². The number of hydrogen-bond donors (Lipinski definition) is 1. The molecule has 6 heteroatoms. The van der Waals surface area contributed by atoms with Gasteiger partial charge in [0, 0.05) is 3.57 Å². The normalized spacial score (nSPS) is 23.1. The molecule has 0 saturated carbocycles. The summed E-state index contributed by atoms with van der Waals surface area (Å²) in [6.45, 7) is 1.60. The van der Waals surface area contributed by atoms with Gasteiger partial charge in [-0.2, -0.15) is 0 Å². The highest BCUT2D eigenvalue weighted by Gasteiger charge is 2.29. The number of nitrogens with zero attached hydrogens (tertiary/aromatic N) is 1. The minimum absolute atomic E-state index is 0.0156. The van der Waals surface area contributed by atoms with Gasteiger partial charge >= 0.3 is 0 Å². The molecule has 0 unspecified atom stereocenters. The molecule has 0 amide bonds. The Morgan fingerprint density at radius 3 is 2.82 bits per heavy atom. The van der Waals surface area contributed by atoms with Crippen molar-refractivity contribution in [3.05, 3.63) is 27.3 Å². The van der Waals surface area contributed by atoms with Crippen LogP contribution in [0.2, 0.25) is 0 Å². The van der Waals surface area contributed by atoms with Gasteiger partial charge in [-0.1, -0.05) is 0 Å². The zero-order valence-corrected chi connectivity index (χ0v) is 11.0. The number of carboxylic acids is 1. The maximum atomic E-state index is 10.8. The number of aliphatic carboxylic acids is 1. The van der Waals surface area contributed by atoms with Crippen molar-refractivity contribution in [2.75, 3.05) is 0 Å². The van der Waals surface area contributed by atoms with Gasteiger partial charge in [0.1, 0.15) is 17.9 Å². The number of ether oxygens (including phenoxy) is 1. The van der Waals surface area contributed by atoms with Crippen molar-refractivity contribution < 1.29 is 19.7 Å². The van der Waals surface area contributed by atoms with E-state index in [1.807, 2.05) is 0 Å². The Bertz CT molecular complexity index is 500. The number of phenols is 1. The SMILES string of the molecule is C[C@@H]1OC(c2ccc(I)cc2O)=N[C@H]1C(=O)[O-]. The van der Waals surface area contributed by atoms with Crippen LogP contribution in [-0.2, 0) is 9.53 Å². The average molecular weight is 346 g/mol. The van der Waals surface area contributed by atoms with Gasteiger partial charge in [0.2, 0.25) is 5.90 Å². The first-order valence-electron chi connectivity index (χ1n) is 4.93. The predicted molar refractivity (Wildman–Crippen MR) is 66.7 cm³/mol. The summed E-state index contributed by atoms with van der Waals surface area (Å²) in [6, 6.07) is 3.95. The monoisotopic (exact) mass is 346 g/mol. The first kappa shape index (κ1) is 12.2. The third kappa shape index (κ3) is 2.36. The molecule has 1 aromatic carbocycles. The number of carbonyl (C=O) groups is 1. The van der Waals surface area contributed by atoms with E-state index < -0.39 is 18.1 Å². The van der Waals surface area contributed by atoms with Gasteiger partial charge in [0.25, 0.3) is 0 Å². The van der Waals surface area contributed by atoms with Crippen LogP contribution < -0.4 is 5.11 Å². The van der Waals surface area contributed by atoms with E-state index in [1.165, 1.54) is 0 Å². The fourth-order valence-electron chi connectivity index (χ4n) is 1.57. The Balaban J connectivity index is 2.36. The molecule has 0 fully saturated rings. The van der Waals surface area contributed by atoms with Crippen LogP contribution in [0.4, 0.5) is 0 Å². The largest absolute Gasteiger partial charge is 0.548 e. The maximum absolute atomic E-state index is 10.8. The zero-order chi connectivity index (χ0) is 12.6. The van der Waals surface area contributed by atoms with Gasteiger partial charge in [-0.3, -0.25) is 0 Å². The molecule has 2 atom stereocenters. The van der Waals surface area contributed by atoms with Gasteiger partial charge in [0.15, 0.2) is 0 Å². The van der Waals surface area contributed by atoms with E-state index in [4.69, 9.17) is 4.74 Å². The van der Waals surface area contributed by atoms with Crippen LogP contribution in [0, 0.1) is 3.57 Å². The Labute approximate surface area is 111 Å². The number of benzene rings is 1. The number of phenolic OH excluding ortho intramolecular Hbond substituents is 1. The Morgan fingerprint density at radius 1 is 1.59 bits per heavy atom. The lowest BCUT2D eigenvalue weighted by molar-refractivity contribution is -0.308. The molecule has 90 valence electrons. The van der Waals surface area contributed by atoms with Crippen molar-refractivity contribution >= 4 is 34.5 Å². The molecule has 5 nitrogen and oxygen atoms in total. The van der Waals surface area contributed by atoms with Crippen molar-refractivity contribution in [2.24, 2.45) is 4.99 Å². The standard InChI is InChI=1S/C11H10INO4/c1-5-9(11(15)16)13-10(17-5)7-3-2-6(12)4-8(7)14/h2-5,9,14H,1H3,(H,15,16)/p-1/t5-,9+/m0/s1. The van der Waals surface area contributed by atoms with Gasteiger partial charge in [-0.25, -0.2) is 4.99 Å². The van der Waals surface area contributed by atoms with Gasteiger partial charge in [0.05, 0.1) is 11.5 Å². The molecule has 2 rings (SSSR count). The molecule has 0 bridgehead atoms. The van der Waals surface area contributed by atoms with Gasteiger partial charge in [-0.15, -0.1) is 0 Å². The molecule has 0 saturated heterocycles. The highest BCUT2D eigenvalue weighted by molar-refractivity contribution is 14.1. The summed E-state index contributed by atoms with van der Waals surface area (Å²) in [5, 5.41) is 20.5. The van der Waals surface area contributed by atoms with E-state index in [-0.39, 0.29) is 11.6 Å².